The maximum atomic E-state index is 13.1. The lowest BCUT2D eigenvalue weighted by molar-refractivity contribution is -0.124. The van der Waals surface area contributed by atoms with Crippen LogP contribution >= 0.6 is 0 Å². The van der Waals surface area contributed by atoms with Crippen LogP contribution in [-0.4, -0.2) is 21.6 Å². The largest absolute Gasteiger partial charge is 0.371 e. The molecule has 0 saturated heterocycles. The minimum Gasteiger partial charge on any atom is -0.371 e. The standard InChI is InChI=1S/C26H36N4O2/c1-16-12-19(30-32-16)15-27-23(31)26(10-11-26)29-22(17-8-9-17)18-13-20(24(2,3)4)28-21(14-18)25(5,6)7/h12-14,29H,8-11,15H2,1-7H3,(H,27,31). The highest BCUT2D eigenvalue weighted by molar-refractivity contribution is 5.91. The van der Waals surface area contributed by atoms with E-state index in [0.717, 1.165) is 59.8 Å². The van der Waals surface area contributed by atoms with Crippen LogP contribution < -0.4 is 10.6 Å². The van der Waals surface area contributed by atoms with E-state index in [4.69, 9.17) is 9.51 Å². The number of nitrogens with one attached hydrogen (secondary N) is 2. The van der Waals surface area contributed by atoms with Gasteiger partial charge in [-0.25, -0.2) is 0 Å². The third kappa shape index (κ3) is 4.89. The summed E-state index contributed by atoms with van der Waals surface area (Å²) in [5, 5.41) is 10.7. The molecule has 6 heteroatoms. The molecule has 2 fully saturated rings. The molecule has 2 saturated carbocycles. The average Bonchev–Trinajstić information content (AvgIpc) is 3.62. The molecule has 4 rings (SSSR count). The van der Waals surface area contributed by atoms with E-state index in [1.54, 1.807) is 0 Å². The van der Waals surface area contributed by atoms with Gasteiger partial charge in [-0.05, 0) is 50.3 Å². The summed E-state index contributed by atoms with van der Waals surface area (Å²) in [6, 6.07) is 6.26. The Balaban J connectivity index is 1.60. The van der Waals surface area contributed by atoms with E-state index in [9.17, 15) is 4.79 Å². The number of allylic oxidation sites excluding steroid dienone is 1. The van der Waals surface area contributed by atoms with E-state index in [1.165, 1.54) is 5.57 Å². The van der Waals surface area contributed by atoms with E-state index >= 15 is 0 Å². The molecule has 172 valence electrons. The van der Waals surface area contributed by atoms with Gasteiger partial charge in [-0.15, -0.1) is 0 Å². The number of carbonyl (C=O) groups is 1. The van der Waals surface area contributed by atoms with Crippen molar-refractivity contribution in [2.75, 3.05) is 0 Å². The van der Waals surface area contributed by atoms with Crippen molar-refractivity contribution in [2.24, 2.45) is 0 Å². The molecule has 2 aliphatic rings. The van der Waals surface area contributed by atoms with E-state index in [-0.39, 0.29) is 16.7 Å². The van der Waals surface area contributed by atoms with Gasteiger partial charge in [0.1, 0.15) is 17.0 Å². The second kappa shape index (κ2) is 7.75. The van der Waals surface area contributed by atoms with Gasteiger partial charge in [0, 0.05) is 39.5 Å². The van der Waals surface area contributed by atoms with Gasteiger partial charge in [-0.2, -0.15) is 0 Å². The first-order valence-electron chi connectivity index (χ1n) is 11.6. The molecular formula is C26H36N4O2. The Morgan fingerprint density at radius 3 is 2.06 bits per heavy atom. The first kappa shape index (κ1) is 22.6. The van der Waals surface area contributed by atoms with Gasteiger partial charge < -0.3 is 15.2 Å². The normalized spacial score (nSPS) is 17.2. The summed E-state index contributed by atoms with van der Waals surface area (Å²) in [5.74, 6) is 0.773. The van der Waals surface area contributed by atoms with Gasteiger partial charge in [-0.1, -0.05) is 46.7 Å². The molecule has 2 aromatic heterocycles. The van der Waals surface area contributed by atoms with Crippen LogP contribution in [0.4, 0.5) is 0 Å². The number of hydrogen-bond donors (Lipinski definition) is 2. The van der Waals surface area contributed by atoms with Gasteiger partial charge in [-0.3, -0.25) is 9.78 Å². The zero-order valence-electron chi connectivity index (χ0n) is 20.5. The Labute approximate surface area is 191 Å². The van der Waals surface area contributed by atoms with Gasteiger partial charge in [0.05, 0.1) is 6.54 Å². The number of rotatable bonds is 6. The molecule has 2 aliphatic carbocycles. The highest BCUT2D eigenvalue weighted by Gasteiger charge is 2.51. The first-order valence-corrected chi connectivity index (χ1v) is 11.6. The van der Waals surface area contributed by atoms with Gasteiger partial charge in [0.15, 0.2) is 0 Å². The lowest BCUT2D eigenvalue weighted by Gasteiger charge is -2.27. The van der Waals surface area contributed by atoms with Crippen molar-refractivity contribution in [3.8, 4) is 0 Å². The number of hydrogen-bond acceptors (Lipinski definition) is 5. The molecule has 0 bridgehead atoms. The zero-order valence-corrected chi connectivity index (χ0v) is 20.5. The maximum absolute atomic E-state index is 13.1. The molecule has 0 spiro atoms. The number of aryl methyl sites for hydroxylation is 1. The Bertz CT molecular complexity index is 1020. The van der Waals surface area contributed by atoms with Crippen molar-refractivity contribution < 1.29 is 9.32 Å². The van der Waals surface area contributed by atoms with Crippen LogP contribution in [0, 0.1) is 6.92 Å². The van der Waals surface area contributed by atoms with Gasteiger partial charge in [0.2, 0.25) is 5.91 Å². The summed E-state index contributed by atoms with van der Waals surface area (Å²) < 4.78 is 5.11. The van der Waals surface area contributed by atoms with Crippen molar-refractivity contribution >= 4 is 11.6 Å². The number of carbonyl (C=O) groups excluding carboxylic acids is 1. The smallest absolute Gasteiger partial charge is 0.245 e. The van der Waals surface area contributed by atoms with Crippen LogP contribution in [0.15, 0.2) is 28.3 Å². The number of pyridine rings is 1. The minimum atomic E-state index is -0.545. The Morgan fingerprint density at radius 1 is 1.03 bits per heavy atom. The monoisotopic (exact) mass is 436 g/mol. The molecule has 0 radical (unpaired) electrons. The minimum absolute atomic E-state index is 0.0260. The number of nitrogens with zero attached hydrogens (tertiary/aromatic N) is 2. The molecule has 2 heterocycles. The molecule has 0 aromatic carbocycles. The van der Waals surface area contributed by atoms with Crippen molar-refractivity contribution in [1.29, 1.82) is 0 Å². The number of aromatic nitrogens is 2. The summed E-state index contributed by atoms with van der Waals surface area (Å²) in [6.07, 6.45) is 3.82. The molecule has 32 heavy (non-hydrogen) atoms. The molecule has 1 amide bonds. The van der Waals surface area contributed by atoms with Crippen LogP contribution in [0.5, 0.6) is 0 Å². The second-order valence-corrected chi connectivity index (χ2v) is 11.4. The fraction of sp³-hybridized carbons (Fsp3) is 0.577. The number of amides is 1. The molecule has 0 unspecified atom stereocenters. The summed E-state index contributed by atoms with van der Waals surface area (Å²) in [7, 11) is 0. The van der Waals surface area contributed by atoms with Crippen molar-refractivity contribution in [2.45, 2.75) is 97.1 Å². The van der Waals surface area contributed by atoms with Gasteiger partial charge in [0.25, 0.3) is 0 Å². The fourth-order valence-electron chi connectivity index (χ4n) is 3.73. The molecular weight excluding hydrogens is 400 g/mol. The molecule has 2 aromatic rings. The van der Waals surface area contributed by atoms with Crippen molar-refractivity contribution in [1.82, 2.24) is 20.8 Å². The molecule has 6 nitrogen and oxygen atoms in total. The Morgan fingerprint density at radius 2 is 1.62 bits per heavy atom. The first-order chi connectivity index (χ1) is 14.9. The predicted octanol–water partition coefficient (Wildman–Crippen LogP) is 4.92. The van der Waals surface area contributed by atoms with Crippen LogP contribution in [-0.2, 0) is 22.2 Å². The van der Waals surface area contributed by atoms with E-state index in [1.807, 2.05) is 13.0 Å². The Hall–Kier alpha value is -2.63. The van der Waals surface area contributed by atoms with Gasteiger partial charge >= 0.3 is 0 Å². The third-order valence-corrected chi connectivity index (χ3v) is 6.16. The quantitative estimate of drug-likeness (QED) is 0.672. The highest BCUT2D eigenvalue weighted by atomic mass is 16.5. The van der Waals surface area contributed by atoms with Crippen LogP contribution in [0.3, 0.4) is 0 Å². The third-order valence-electron chi connectivity index (χ3n) is 6.16. The van der Waals surface area contributed by atoms with Crippen molar-refractivity contribution in [3.63, 3.8) is 0 Å². The fourth-order valence-corrected chi connectivity index (χ4v) is 3.73. The second-order valence-electron chi connectivity index (χ2n) is 11.4. The lowest BCUT2D eigenvalue weighted by Crippen LogP contribution is -2.45. The summed E-state index contributed by atoms with van der Waals surface area (Å²) >= 11 is 0. The van der Waals surface area contributed by atoms with Crippen LogP contribution in [0.2, 0.25) is 0 Å². The summed E-state index contributed by atoms with van der Waals surface area (Å²) in [4.78, 5) is 18.1. The predicted molar refractivity (Wildman–Crippen MR) is 126 cm³/mol. The highest BCUT2D eigenvalue weighted by Crippen LogP contribution is 2.43. The van der Waals surface area contributed by atoms with E-state index in [2.05, 4.69) is 69.5 Å². The van der Waals surface area contributed by atoms with Crippen LogP contribution in [0.25, 0.3) is 5.70 Å². The van der Waals surface area contributed by atoms with E-state index < -0.39 is 5.54 Å². The SMILES string of the molecule is Cc1cc(CNC(=O)C2(NC(=C3CC3)c3cc(C(C)(C)C)nc(C(C)(C)C)c3)CC2)no1. The van der Waals surface area contributed by atoms with Crippen LogP contribution in [0.1, 0.15) is 95.6 Å². The maximum Gasteiger partial charge on any atom is 0.245 e. The topological polar surface area (TPSA) is 80.0 Å². The molecule has 0 aliphatic heterocycles. The van der Waals surface area contributed by atoms with Crippen molar-refractivity contribution in [3.05, 3.63) is 52.2 Å². The average molecular weight is 437 g/mol. The molecule has 2 N–H and O–H groups in total. The summed E-state index contributed by atoms with van der Waals surface area (Å²) in [6.45, 7) is 15.4. The summed E-state index contributed by atoms with van der Waals surface area (Å²) in [5.41, 5.74) is 5.90. The zero-order chi connectivity index (χ0) is 23.3. The molecule has 0 atom stereocenters. The lowest BCUT2D eigenvalue weighted by atomic mass is 9.86. The Kier molecular flexibility index (Phi) is 5.46. The van der Waals surface area contributed by atoms with E-state index in [0.29, 0.717) is 6.54 Å².